The monoisotopic (exact) mass is 372 g/mol. The molecule has 0 aromatic heterocycles. The van der Waals surface area contributed by atoms with Crippen LogP contribution in [0.3, 0.4) is 0 Å². The molecule has 1 atom stereocenters. The molecule has 1 aliphatic rings. The van der Waals surface area contributed by atoms with Gasteiger partial charge >= 0.3 is 0 Å². The van der Waals surface area contributed by atoms with Crippen LogP contribution >= 0.6 is 0 Å². The molecular formula is C20H24N2O3S. The fraction of sp³-hybridized carbons (Fsp3) is 0.350. The summed E-state index contributed by atoms with van der Waals surface area (Å²) < 4.78 is 23.0. The van der Waals surface area contributed by atoms with Gasteiger partial charge in [0, 0.05) is 0 Å². The summed E-state index contributed by atoms with van der Waals surface area (Å²) in [6.07, 6.45) is 4.97. The van der Waals surface area contributed by atoms with Crippen LogP contribution < -0.4 is 10.5 Å². The first-order valence-electron chi connectivity index (χ1n) is 8.86. The van der Waals surface area contributed by atoms with E-state index in [0.29, 0.717) is 12.0 Å². The lowest BCUT2D eigenvalue weighted by Crippen LogP contribution is -2.28. The maximum absolute atomic E-state index is 12.4. The van der Waals surface area contributed by atoms with E-state index >= 15 is 0 Å². The molecule has 1 amide bonds. The number of hydrogen-bond donors (Lipinski definition) is 2. The maximum Gasteiger partial charge on any atom is 0.238 e. The molecule has 2 aromatic carbocycles. The van der Waals surface area contributed by atoms with Gasteiger partial charge in [-0.2, -0.15) is 0 Å². The second-order valence-electron chi connectivity index (χ2n) is 6.89. The van der Waals surface area contributed by atoms with Crippen molar-refractivity contribution < 1.29 is 13.2 Å². The molecule has 3 rings (SSSR count). The van der Waals surface area contributed by atoms with Gasteiger partial charge in [0.25, 0.3) is 0 Å². The number of fused-ring (bicyclic) bond motifs is 1. The summed E-state index contributed by atoms with van der Waals surface area (Å²) in [4.78, 5) is 12.4. The van der Waals surface area contributed by atoms with Crippen LogP contribution in [0.25, 0.3) is 0 Å². The van der Waals surface area contributed by atoms with Crippen molar-refractivity contribution in [3.8, 4) is 0 Å². The van der Waals surface area contributed by atoms with E-state index in [1.807, 2.05) is 13.0 Å². The van der Waals surface area contributed by atoms with Gasteiger partial charge in [-0.1, -0.05) is 30.3 Å². The first kappa shape index (κ1) is 18.6. The summed E-state index contributed by atoms with van der Waals surface area (Å²) in [5.41, 5.74) is 4.47. The Balaban J connectivity index is 1.66. The average Bonchev–Trinajstić information content (AvgIpc) is 2.61. The lowest BCUT2D eigenvalue weighted by Gasteiger charge is -2.18. The third-order valence-corrected chi connectivity index (χ3v) is 5.75. The van der Waals surface area contributed by atoms with E-state index in [1.165, 1.54) is 36.1 Å². The first-order chi connectivity index (χ1) is 12.3. The van der Waals surface area contributed by atoms with Crippen molar-refractivity contribution in [2.75, 3.05) is 0 Å². The summed E-state index contributed by atoms with van der Waals surface area (Å²) in [7, 11) is -3.76. The Morgan fingerprint density at radius 2 is 1.85 bits per heavy atom. The number of rotatable bonds is 5. The number of primary sulfonamides is 1. The van der Waals surface area contributed by atoms with Gasteiger partial charge in [-0.3, -0.25) is 4.79 Å². The van der Waals surface area contributed by atoms with Crippen molar-refractivity contribution in [3.05, 3.63) is 64.7 Å². The maximum atomic E-state index is 12.4. The Morgan fingerprint density at radius 1 is 1.12 bits per heavy atom. The number of sulfonamides is 1. The number of hydrogen-bond acceptors (Lipinski definition) is 3. The number of nitrogens with two attached hydrogens (primary N) is 1. The van der Waals surface area contributed by atoms with Crippen molar-refractivity contribution >= 4 is 15.9 Å². The minimum absolute atomic E-state index is 0.0470. The molecule has 5 nitrogen and oxygen atoms in total. The largest absolute Gasteiger partial charge is 0.349 e. The number of nitrogens with one attached hydrogen (secondary N) is 1. The molecule has 0 aliphatic heterocycles. The van der Waals surface area contributed by atoms with E-state index in [2.05, 4.69) is 17.4 Å². The smallest absolute Gasteiger partial charge is 0.238 e. The lowest BCUT2D eigenvalue weighted by molar-refractivity contribution is -0.121. The Morgan fingerprint density at radius 3 is 2.58 bits per heavy atom. The van der Waals surface area contributed by atoms with Gasteiger partial charge in [0.15, 0.2) is 0 Å². The van der Waals surface area contributed by atoms with Crippen LogP contribution in [0.5, 0.6) is 0 Å². The standard InChI is InChI=1S/C20H24N2O3S/c1-14(17-7-4-8-19(13-17)26(21,24)25)22-20(23)12-15-9-10-16-5-2-3-6-18(16)11-15/h4,7-11,13-14H,2-3,5-6,12H2,1H3,(H,22,23)(H2,21,24,25). The summed E-state index contributed by atoms with van der Waals surface area (Å²) in [5.74, 6) is -0.0886. The number of amides is 1. The van der Waals surface area contributed by atoms with Gasteiger partial charge < -0.3 is 5.32 Å². The zero-order valence-electron chi connectivity index (χ0n) is 14.9. The second kappa shape index (κ2) is 7.60. The molecule has 138 valence electrons. The van der Waals surface area contributed by atoms with Gasteiger partial charge in [-0.15, -0.1) is 0 Å². The topological polar surface area (TPSA) is 89.3 Å². The van der Waals surface area contributed by atoms with E-state index in [1.54, 1.807) is 12.1 Å². The quantitative estimate of drug-likeness (QED) is 0.845. The molecule has 0 bridgehead atoms. The van der Waals surface area contributed by atoms with Crippen molar-refractivity contribution in [1.82, 2.24) is 5.32 Å². The van der Waals surface area contributed by atoms with Crippen LogP contribution in [0, 0.1) is 0 Å². The molecule has 0 saturated heterocycles. The first-order valence-corrected chi connectivity index (χ1v) is 10.4. The highest BCUT2D eigenvalue weighted by molar-refractivity contribution is 7.89. The SMILES string of the molecule is CC(NC(=O)Cc1ccc2c(c1)CCCC2)c1cccc(S(N)(=O)=O)c1. The molecule has 1 unspecified atom stereocenters. The van der Waals surface area contributed by atoms with Crippen molar-refractivity contribution in [1.29, 1.82) is 0 Å². The Kier molecular flexibility index (Phi) is 5.44. The number of carbonyl (C=O) groups excluding carboxylic acids is 1. The van der Waals surface area contributed by atoms with Gasteiger partial charge in [0.1, 0.15) is 0 Å². The summed E-state index contributed by atoms with van der Waals surface area (Å²) in [5, 5.41) is 8.10. The van der Waals surface area contributed by atoms with Crippen LogP contribution in [-0.4, -0.2) is 14.3 Å². The molecule has 1 aliphatic carbocycles. The Labute approximate surface area is 154 Å². The fourth-order valence-corrected chi connectivity index (χ4v) is 3.99. The highest BCUT2D eigenvalue weighted by Gasteiger charge is 2.15. The third kappa shape index (κ3) is 4.51. The third-order valence-electron chi connectivity index (χ3n) is 4.84. The van der Waals surface area contributed by atoms with Crippen molar-refractivity contribution in [2.24, 2.45) is 5.14 Å². The predicted octanol–water partition coefficient (Wildman–Crippen LogP) is 2.63. The fourth-order valence-electron chi connectivity index (χ4n) is 3.42. The number of aryl methyl sites for hydroxylation is 2. The molecule has 26 heavy (non-hydrogen) atoms. The van der Waals surface area contributed by atoms with Crippen LogP contribution in [0.2, 0.25) is 0 Å². The van der Waals surface area contributed by atoms with Gasteiger partial charge in [0.2, 0.25) is 15.9 Å². The highest BCUT2D eigenvalue weighted by atomic mass is 32.2. The van der Waals surface area contributed by atoms with Gasteiger partial charge in [-0.25, -0.2) is 13.6 Å². The minimum Gasteiger partial charge on any atom is -0.349 e. The minimum atomic E-state index is -3.76. The lowest BCUT2D eigenvalue weighted by atomic mass is 9.90. The summed E-state index contributed by atoms with van der Waals surface area (Å²) in [6, 6.07) is 12.3. The molecule has 0 heterocycles. The molecule has 6 heteroatoms. The Bertz CT molecular complexity index is 922. The average molecular weight is 372 g/mol. The molecule has 0 fully saturated rings. The van der Waals surface area contributed by atoms with Crippen molar-refractivity contribution in [2.45, 2.75) is 50.0 Å². The molecule has 0 saturated carbocycles. The number of benzene rings is 2. The normalized spacial score (nSPS) is 15.2. The zero-order chi connectivity index (χ0) is 18.7. The van der Waals surface area contributed by atoms with Crippen molar-refractivity contribution in [3.63, 3.8) is 0 Å². The van der Waals surface area contributed by atoms with E-state index in [9.17, 15) is 13.2 Å². The van der Waals surface area contributed by atoms with Gasteiger partial charge in [0.05, 0.1) is 17.4 Å². The Hall–Kier alpha value is -2.18. The van der Waals surface area contributed by atoms with E-state index in [-0.39, 0.29) is 16.8 Å². The molecule has 0 spiro atoms. The van der Waals surface area contributed by atoms with Crippen LogP contribution in [0.4, 0.5) is 0 Å². The van der Waals surface area contributed by atoms with Crippen LogP contribution in [0.15, 0.2) is 47.4 Å². The van der Waals surface area contributed by atoms with E-state index in [4.69, 9.17) is 5.14 Å². The van der Waals surface area contributed by atoms with Crippen LogP contribution in [0.1, 0.15) is 48.1 Å². The van der Waals surface area contributed by atoms with Gasteiger partial charge in [-0.05, 0) is 67.0 Å². The van der Waals surface area contributed by atoms with E-state index in [0.717, 1.165) is 18.4 Å². The zero-order valence-corrected chi connectivity index (χ0v) is 15.7. The van der Waals surface area contributed by atoms with E-state index < -0.39 is 10.0 Å². The second-order valence-corrected chi connectivity index (χ2v) is 8.46. The predicted molar refractivity (Wildman–Crippen MR) is 101 cm³/mol. The molecule has 2 aromatic rings. The molecule has 3 N–H and O–H groups in total. The highest BCUT2D eigenvalue weighted by Crippen LogP contribution is 2.23. The number of carbonyl (C=O) groups is 1. The van der Waals surface area contributed by atoms with Crippen LogP contribution in [-0.2, 0) is 34.1 Å². The summed E-state index contributed by atoms with van der Waals surface area (Å²) in [6.45, 7) is 1.83. The molecular weight excluding hydrogens is 348 g/mol. The molecule has 0 radical (unpaired) electrons. The summed E-state index contributed by atoms with van der Waals surface area (Å²) >= 11 is 0.